The summed E-state index contributed by atoms with van der Waals surface area (Å²) in [6.45, 7) is 6.65. The molecule has 0 spiro atoms. The first-order valence-electron chi connectivity index (χ1n) is 7.11. The number of benzene rings is 1. The fourth-order valence-corrected chi connectivity index (χ4v) is 2.70. The summed E-state index contributed by atoms with van der Waals surface area (Å²) < 4.78 is 10.3. The fraction of sp³-hybridized carbons (Fsp3) is 0.412. The molecule has 1 heterocycles. The molecule has 5 heteroatoms. The Labute approximate surface area is 136 Å². The van der Waals surface area contributed by atoms with Gasteiger partial charge in [0.05, 0.1) is 20.3 Å². The van der Waals surface area contributed by atoms with Gasteiger partial charge in [-0.3, -0.25) is 0 Å². The number of ether oxygens (including phenoxy) is 2. The smallest absolute Gasteiger partial charge is 0.220 e. The Balaban J connectivity index is 2.06. The van der Waals surface area contributed by atoms with E-state index in [2.05, 4.69) is 55.0 Å². The predicted octanol–water partition coefficient (Wildman–Crippen LogP) is 4.08. The molecule has 1 aromatic heterocycles. The third kappa shape index (κ3) is 4.37. The van der Waals surface area contributed by atoms with Crippen molar-refractivity contribution in [1.29, 1.82) is 0 Å². The quantitative estimate of drug-likeness (QED) is 0.614. The van der Waals surface area contributed by atoms with Crippen molar-refractivity contribution in [2.24, 2.45) is 0 Å². The standard InChI is InChI=1S/C17H22N2O2S/c1-17(2,3)13-8-6-12(7-9-13)11-22-16-18-14(20-4)10-15(19-16)21-5/h6-10H,11H2,1-5H3. The molecule has 4 nitrogen and oxygen atoms in total. The van der Waals surface area contributed by atoms with Gasteiger partial charge in [0, 0.05) is 5.75 Å². The second kappa shape index (κ2) is 7.01. The molecule has 0 bridgehead atoms. The van der Waals surface area contributed by atoms with Crippen LogP contribution in [0, 0.1) is 0 Å². The van der Waals surface area contributed by atoms with Crippen LogP contribution < -0.4 is 9.47 Å². The summed E-state index contributed by atoms with van der Waals surface area (Å²) in [6.07, 6.45) is 0. The molecular weight excluding hydrogens is 296 g/mol. The Morgan fingerprint density at radius 2 is 1.50 bits per heavy atom. The van der Waals surface area contributed by atoms with E-state index in [1.165, 1.54) is 11.1 Å². The van der Waals surface area contributed by atoms with Crippen molar-refractivity contribution in [2.45, 2.75) is 37.1 Å². The molecular formula is C17H22N2O2S. The fourth-order valence-electron chi connectivity index (χ4n) is 1.91. The summed E-state index contributed by atoms with van der Waals surface area (Å²) in [5.41, 5.74) is 2.75. The van der Waals surface area contributed by atoms with Crippen molar-refractivity contribution < 1.29 is 9.47 Å². The van der Waals surface area contributed by atoms with Crippen molar-refractivity contribution in [1.82, 2.24) is 9.97 Å². The van der Waals surface area contributed by atoms with Gasteiger partial charge in [-0.2, -0.15) is 9.97 Å². The summed E-state index contributed by atoms with van der Waals surface area (Å²) >= 11 is 1.56. The molecule has 0 saturated heterocycles. The number of aromatic nitrogens is 2. The molecule has 0 N–H and O–H groups in total. The Morgan fingerprint density at radius 1 is 0.955 bits per heavy atom. The summed E-state index contributed by atoms with van der Waals surface area (Å²) in [5, 5.41) is 0.649. The molecule has 0 aliphatic carbocycles. The van der Waals surface area contributed by atoms with E-state index in [1.54, 1.807) is 32.0 Å². The highest BCUT2D eigenvalue weighted by atomic mass is 32.2. The van der Waals surface area contributed by atoms with Gasteiger partial charge in [-0.1, -0.05) is 56.8 Å². The predicted molar refractivity (Wildman–Crippen MR) is 89.8 cm³/mol. The molecule has 1 aromatic carbocycles. The van der Waals surface area contributed by atoms with E-state index in [-0.39, 0.29) is 5.41 Å². The van der Waals surface area contributed by atoms with Gasteiger partial charge in [0.2, 0.25) is 11.8 Å². The zero-order valence-corrected chi connectivity index (χ0v) is 14.5. The minimum absolute atomic E-state index is 0.176. The number of thioether (sulfide) groups is 1. The average Bonchev–Trinajstić information content (AvgIpc) is 2.52. The zero-order valence-electron chi connectivity index (χ0n) is 13.7. The molecule has 118 valence electrons. The van der Waals surface area contributed by atoms with E-state index in [4.69, 9.17) is 9.47 Å². The number of nitrogens with zero attached hydrogens (tertiary/aromatic N) is 2. The van der Waals surface area contributed by atoms with Gasteiger partial charge >= 0.3 is 0 Å². The average molecular weight is 318 g/mol. The highest BCUT2D eigenvalue weighted by Crippen LogP contribution is 2.26. The maximum Gasteiger partial charge on any atom is 0.220 e. The Hall–Kier alpha value is -1.75. The molecule has 2 rings (SSSR count). The minimum Gasteiger partial charge on any atom is -0.481 e. The van der Waals surface area contributed by atoms with Crippen LogP contribution in [0.25, 0.3) is 0 Å². The second-order valence-electron chi connectivity index (χ2n) is 5.97. The Bertz CT molecular complexity index is 599. The summed E-state index contributed by atoms with van der Waals surface area (Å²) in [4.78, 5) is 8.64. The lowest BCUT2D eigenvalue weighted by molar-refractivity contribution is 0.364. The number of hydrogen-bond acceptors (Lipinski definition) is 5. The van der Waals surface area contributed by atoms with Crippen LogP contribution in [0.15, 0.2) is 35.5 Å². The zero-order chi connectivity index (χ0) is 16.2. The topological polar surface area (TPSA) is 44.2 Å². The highest BCUT2D eigenvalue weighted by Gasteiger charge is 2.13. The third-order valence-electron chi connectivity index (χ3n) is 3.26. The lowest BCUT2D eigenvalue weighted by atomic mass is 9.87. The first kappa shape index (κ1) is 16.6. The van der Waals surface area contributed by atoms with Gasteiger partial charge in [-0.25, -0.2) is 0 Å². The van der Waals surface area contributed by atoms with Gasteiger partial charge in [0.1, 0.15) is 0 Å². The van der Waals surface area contributed by atoms with E-state index in [0.29, 0.717) is 16.9 Å². The second-order valence-corrected chi connectivity index (χ2v) is 6.91. The minimum atomic E-state index is 0.176. The molecule has 0 amide bonds. The summed E-state index contributed by atoms with van der Waals surface area (Å²) in [7, 11) is 3.17. The monoisotopic (exact) mass is 318 g/mol. The Morgan fingerprint density at radius 3 is 1.95 bits per heavy atom. The van der Waals surface area contributed by atoms with Crippen LogP contribution in [0.3, 0.4) is 0 Å². The lowest BCUT2D eigenvalue weighted by Crippen LogP contribution is -2.10. The Kier molecular flexibility index (Phi) is 5.29. The van der Waals surface area contributed by atoms with E-state index < -0.39 is 0 Å². The van der Waals surface area contributed by atoms with E-state index in [9.17, 15) is 0 Å². The van der Waals surface area contributed by atoms with E-state index in [0.717, 1.165) is 5.75 Å². The highest BCUT2D eigenvalue weighted by molar-refractivity contribution is 7.98. The van der Waals surface area contributed by atoms with E-state index >= 15 is 0 Å². The summed E-state index contributed by atoms with van der Waals surface area (Å²) in [5.74, 6) is 1.83. The van der Waals surface area contributed by atoms with Crippen molar-refractivity contribution in [3.63, 3.8) is 0 Å². The van der Waals surface area contributed by atoms with Crippen LogP contribution >= 0.6 is 11.8 Å². The van der Waals surface area contributed by atoms with Crippen molar-refractivity contribution in [3.05, 3.63) is 41.5 Å². The molecule has 0 aliphatic rings. The maximum atomic E-state index is 5.16. The normalized spacial score (nSPS) is 11.3. The third-order valence-corrected chi connectivity index (χ3v) is 4.18. The van der Waals surface area contributed by atoms with Crippen LogP contribution in [-0.2, 0) is 11.2 Å². The molecule has 0 atom stereocenters. The lowest BCUT2D eigenvalue weighted by Gasteiger charge is -2.19. The van der Waals surface area contributed by atoms with Crippen LogP contribution in [-0.4, -0.2) is 24.2 Å². The molecule has 0 unspecified atom stereocenters. The van der Waals surface area contributed by atoms with Gasteiger partial charge in [-0.15, -0.1) is 0 Å². The largest absolute Gasteiger partial charge is 0.481 e. The van der Waals surface area contributed by atoms with Gasteiger partial charge < -0.3 is 9.47 Å². The van der Waals surface area contributed by atoms with Gasteiger partial charge in [0.25, 0.3) is 0 Å². The number of hydrogen-bond donors (Lipinski definition) is 0. The molecule has 0 aliphatic heterocycles. The first-order valence-corrected chi connectivity index (χ1v) is 8.10. The van der Waals surface area contributed by atoms with Crippen LogP contribution in [0.5, 0.6) is 11.8 Å². The molecule has 0 saturated carbocycles. The number of rotatable bonds is 5. The van der Waals surface area contributed by atoms with Crippen molar-refractivity contribution >= 4 is 11.8 Å². The molecule has 2 aromatic rings. The van der Waals surface area contributed by atoms with Crippen LogP contribution in [0.4, 0.5) is 0 Å². The molecule has 0 radical (unpaired) electrons. The molecule has 0 fully saturated rings. The maximum absolute atomic E-state index is 5.16. The van der Waals surface area contributed by atoms with Crippen LogP contribution in [0.1, 0.15) is 31.9 Å². The van der Waals surface area contributed by atoms with Gasteiger partial charge in [0.15, 0.2) is 5.16 Å². The number of methoxy groups -OCH3 is 2. The molecule has 22 heavy (non-hydrogen) atoms. The van der Waals surface area contributed by atoms with Crippen LogP contribution in [0.2, 0.25) is 0 Å². The summed E-state index contributed by atoms with van der Waals surface area (Å²) in [6, 6.07) is 10.4. The SMILES string of the molecule is COc1cc(OC)nc(SCc2ccc(C(C)(C)C)cc2)n1. The van der Waals surface area contributed by atoms with Crippen molar-refractivity contribution in [2.75, 3.05) is 14.2 Å². The van der Waals surface area contributed by atoms with E-state index in [1.807, 2.05) is 0 Å². The van der Waals surface area contributed by atoms with Gasteiger partial charge in [-0.05, 0) is 16.5 Å². The van der Waals surface area contributed by atoms with Crippen molar-refractivity contribution in [3.8, 4) is 11.8 Å². The first-order chi connectivity index (χ1) is 10.4.